The van der Waals surface area contributed by atoms with Crippen LogP contribution in [0, 0.1) is 62.1 Å². The van der Waals surface area contributed by atoms with E-state index in [9.17, 15) is 19.5 Å². The Kier molecular flexibility index (Phi) is 8.80. The summed E-state index contributed by atoms with van der Waals surface area (Å²) in [4.78, 5) is 41.0. The Labute approximate surface area is 302 Å². The number of esters is 1. The first kappa shape index (κ1) is 36.5. The molecule has 7 fully saturated rings. The van der Waals surface area contributed by atoms with Crippen LogP contribution in [0.1, 0.15) is 145 Å². The molecular formula is C43H68N2O5. The van der Waals surface area contributed by atoms with Crippen molar-refractivity contribution in [3.05, 3.63) is 12.2 Å². The zero-order valence-corrected chi connectivity index (χ0v) is 32.7. The Morgan fingerprint density at radius 3 is 2.28 bits per heavy atom. The van der Waals surface area contributed by atoms with Gasteiger partial charge in [-0.2, -0.15) is 0 Å². The molecule has 0 aromatic heterocycles. The summed E-state index contributed by atoms with van der Waals surface area (Å²) >= 11 is 0. The van der Waals surface area contributed by atoms with Crippen molar-refractivity contribution < 1.29 is 24.2 Å². The summed E-state index contributed by atoms with van der Waals surface area (Å²) < 4.78 is 6.29. The van der Waals surface area contributed by atoms with E-state index in [2.05, 4.69) is 58.3 Å². The van der Waals surface area contributed by atoms with E-state index in [4.69, 9.17) is 4.74 Å². The SMILES string of the molecule is C=C(C)[C@@H]1CC[C@]2(CC(=O)N3CC4CC3CN4)CC[C@]3(C)[C@H](CC[C@@H]4[C@@]5(C)CC[C@H](OC(=O)CC(C)(C)CC(=O)O)C(C)(C)[C@@H]5CC[C@]43C)[C@@H]12. The van der Waals surface area contributed by atoms with Gasteiger partial charge in [0.05, 0.1) is 12.8 Å². The number of nitrogens with zero attached hydrogens (tertiary/aromatic N) is 1. The van der Waals surface area contributed by atoms with Crippen LogP contribution in [0.15, 0.2) is 12.2 Å². The maximum atomic E-state index is 14.1. The van der Waals surface area contributed by atoms with Gasteiger partial charge in [0.25, 0.3) is 0 Å². The van der Waals surface area contributed by atoms with E-state index >= 15 is 0 Å². The number of piperazine rings is 1. The summed E-state index contributed by atoms with van der Waals surface area (Å²) in [5, 5.41) is 12.9. The van der Waals surface area contributed by atoms with Crippen molar-refractivity contribution in [2.75, 3.05) is 13.1 Å². The van der Waals surface area contributed by atoms with Crippen molar-refractivity contribution in [3.63, 3.8) is 0 Å². The largest absolute Gasteiger partial charge is 0.481 e. The lowest BCUT2D eigenvalue weighted by Gasteiger charge is -2.73. The molecule has 7 nitrogen and oxygen atoms in total. The molecule has 2 aliphatic heterocycles. The summed E-state index contributed by atoms with van der Waals surface area (Å²) in [6.45, 7) is 25.0. The number of carbonyl (C=O) groups excluding carboxylic acids is 2. The summed E-state index contributed by atoms with van der Waals surface area (Å²) in [6.07, 6.45) is 13.4. The van der Waals surface area contributed by atoms with Gasteiger partial charge in [-0.25, -0.2) is 0 Å². The number of allylic oxidation sites excluding steroid dienone is 1. The second-order valence-electron chi connectivity index (χ2n) is 21.0. The maximum absolute atomic E-state index is 14.1. The molecule has 2 N–H and O–H groups in total. The molecule has 0 aromatic carbocycles. The number of likely N-dealkylation sites (tertiary alicyclic amines) is 1. The summed E-state index contributed by atoms with van der Waals surface area (Å²) in [6, 6.07) is 0.889. The molecule has 280 valence electrons. The number of aliphatic carboxylic acids is 1. The van der Waals surface area contributed by atoms with Gasteiger partial charge in [0, 0.05) is 37.0 Å². The van der Waals surface area contributed by atoms with Gasteiger partial charge in [0.2, 0.25) is 5.91 Å². The van der Waals surface area contributed by atoms with Gasteiger partial charge in [-0.05, 0) is 134 Å². The van der Waals surface area contributed by atoms with Crippen LogP contribution in [0.3, 0.4) is 0 Å². The number of ether oxygens (including phenoxy) is 1. The van der Waals surface area contributed by atoms with Gasteiger partial charge in [0.15, 0.2) is 0 Å². The molecule has 0 spiro atoms. The van der Waals surface area contributed by atoms with Gasteiger partial charge < -0.3 is 20.1 Å². The summed E-state index contributed by atoms with van der Waals surface area (Å²) in [7, 11) is 0. The van der Waals surface area contributed by atoms with Crippen molar-refractivity contribution in [2.45, 2.75) is 163 Å². The first-order chi connectivity index (χ1) is 23.3. The van der Waals surface area contributed by atoms with Crippen molar-refractivity contribution in [1.29, 1.82) is 0 Å². The zero-order chi connectivity index (χ0) is 36.2. The molecule has 2 unspecified atom stereocenters. The molecule has 5 aliphatic carbocycles. The third-order valence-corrected chi connectivity index (χ3v) is 17.6. The van der Waals surface area contributed by atoms with Crippen molar-refractivity contribution >= 4 is 17.8 Å². The molecule has 12 atom stereocenters. The van der Waals surface area contributed by atoms with Crippen LogP contribution in [-0.4, -0.2) is 59.1 Å². The number of carbonyl (C=O) groups is 3. The topological polar surface area (TPSA) is 95.9 Å². The lowest BCUT2D eigenvalue weighted by molar-refractivity contribution is -0.250. The lowest BCUT2D eigenvalue weighted by Crippen LogP contribution is -2.67. The standard InChI is InChI=1S/C43H68N2O5/c1-26(2)29-12-17-43(21-34(46)45-25-27-20-28(45)24-44-27)19-18-41(8)30(37(29)43)10-11-32-40(7)15-14-33(39(5,6)31(40)13-16-42(32,41)9)50-36(49)23-38(3,4)22-35(47)48/h27-33,37,44H,1,10-25H2,2-9H3,(H,47,48)/t27?,28?,29-,30+,31-,32+,33-,37+,40-,41+,42+,43+/m0/s1. The molecule has 7 rings (SSSR count). The van der Waals surface area contributed by atoms with Crippen LogP contribution in [0.2, 0.25) is 0 Å². The monoisotopic (exact) mass is 693 g/mol. The number of rotatable bonds is 8. The van der Waals surface area contributed by atoms with E-state index in [0.29, 0.717) is 47.6 Å². The lowest BCUT2D eigenvalue weighted by atomic mass is 9.32. The molecule has 5 saturated carbocycles. The predicted octanol–water partition coefficient (Wildman–Crippen LogP) is 8.41. The van der Waals surface area contributed by atoms with Crippen molar-refractivity contribution in [3.8, 4) is 0 Å². The van der Waals surface area contributed by atoms with Crippen LogP contribution in [0.5, 0.6) is 0 Å². The van der Waals surface area contributed by atoms with Crippen molar-refractivity contribution in [1.82, 2.24) is 10.2 Å². The highest BCUT2D eigenvalue weighted by atomic mass is 16.5. The number of carboxylic acids is 1. The fraction of sp³-hybridized carbons (Fsp3) is 0.884. The molecular weight excluding hydrogens is 624 g/mol. The number of hydrogen-bond acceptors (Lipinski definition) is 5. The minimum atomic E-state index is -0.878. The average molecular weight is 693 g/mol. The number of hydrogen-bond donors (Lipinski definition) is 2. The Balaban J connectivity index is 1.12. The van der Waals surface area contributed by atoms with Gasteiger partial charge in [-0.15, -0.1) is 0 Å². The minimum absolute atomic E-state index is 0.0423. The van der Waals surface area contributed by atoms with E-state index in [1.165, 1.54) is 50.5 Å². The van der Waals surface area contributed by atoms with Gasteiger partial charge in [0.1, 0.15) is 6.10 Å². The van der Waals surface area contributed by atoms with E-state index in [1.807, 2.05) is 13.8 Å². The van der Waals surface area contributed by atoms with Crippen LogP contribution in [-0.2, 0) is 19.1 Å². The number of fused-ring (bicyclic) bond motifs is 9. The van der Waals surface area contributed by atoms with Crippen LogP contribution in [0.4, 0.5) is 0 Å². The molecule has 0 aromatic rings. The smallest absolute Gasteiger partial charge is 0.306 e. The second-order valence-corrected chi connectivity index (χ2v) is 21.0. The van der Waals surface area contributed by atoms with Gasteiger partial charge >= 0.3 is 11.9 Å². The maximum Gasteiger partial charge on any atom is 0.306 e. The normalized spacial score (nSPS) is 46.0. The Morgan fingerprint density at radius 2 is 1.64 bits per heavy atom. The first-order valence-electron chi connectivity index (χ1n) is 20.4. The van der Waals surface area contributed by atoms with E-state index in [0.717, 1.165) is 45.2 Å². The minimum Gasteiger partial charge on any atom is -0.481 e. The average Bonchev–Trinajstić information content (AvgIpc) is 3.73. The molecule has 1 amide bonds. The number of amides is 1. The summed E-state index contributed by atoms with van der Waals surface area (Å²) in [5.41, 5.74) is 1.28. The molecule has 50 heavy (non-hydrogen) atoms. The fourth-order valence-electron chi connectivity index (χ4n) is 15.1. The van der Waals surface area contributed by atoms with E-state index in [-0.39, 0.29) is 52.0 Å². The van der Waals surface area contributed by atoms with Crippen LogP contribution in [0.25, 0.3) is 0 Å². The predicted molar refractivity (Wildman–Crippen MR) is 196 cm³/mol. The number of nitrogens with one attached hydrogen (secondary N) is 1. The van der Waals surface area contributed by atoms with Gasteiger partial charge in [-0.1, -0.05) is 60.6 Å². The molecule has 2 saturated heterocycles. The van der Waals surface area contributed by atoms with E-state index < -0.39 is 11.4 Å². The molecule has 0 radical (unpaired) electrons. The first-order valence-corrected chi connectivity index (χ1v) is 20.4. The molecule has 2 bridgehead atoms. The highest BCUT2D eigenvalue weighted by Crippen LogP contribution is 2.78. The van der Waals surface area contributed by atoms with Gasteiger partial charge in [-0.3, -0.25) is 14.4 Å². The summed E-state index contributed by atoms with van der Waals surface area (Å²) in [5.74, 6) is 2.05. The molecule has 7 heteroatoms. The fourth-order valence-corrected chi connectivity index (χ4v) is 15.1. The molecule has 7 aliphatic rings. The molecule has 2 heterocycles. The van der Waals surface area contributed by atoms with E-state index in [1.54, 1.807) is 0 Å². The zero-order valence-electron chi connectivity index (χ0n) is 32.7. The third-order valence-electron chi connectivity index (χ3n) is 17.6. The Bertz CT molecular complexity index is 1420. The van der Waals surface area contributed by atoms with Crippen LogP contribution >= 0.6 is 0 Å². The van der Waals surface area contributed by atoms with Crippen LogP contribution < -0.4 is 5.32 Å². The highest BCUT2D eigenvalue weighted by molar-refractivity contribution is 5.78. The quantitative estimate of drug-likeness (QED) is 0.196. The number of carboxylic acid groups (broad SMARTS) is 1. The Hall–Kier alpha value is -1.89. The van der Waals surface area contributed by atoms with Crippen molar-refractivity contribution in [2.24, 2.45) is 62.1 Å². The Morgan fingerprint density at radius 1 is 0.900 bits per heavy atom. The highest BCUT2D eigenvalue weighted by Gasteiger charge is 2.71. The second kappa shape index (κ2) is 12.1. The third kappa shape index (κ3) is 5.46.